The van der Waals surface area contributed by atoms with Crippen molar-refractivity contribution in [3.63, 3.8) is 0 Å². The van der Waals surface area contributed by atoms with Gasteiger partial charge in [0.2, 0.25) is 5.91 Å². The summed E-state index contributed by atoms with van der Waals surface area (Å²) < 4.78 is 13.0. The van der Waals surface area contributed by atoms with Gasteiger partial charge in [0.15, 0.2) is 5.78 Å². The van der Waals surface area contributed by atoms with Gasteiger partial charge in [-0.2, -0.15) is 0 Å². The number of amides is 1. The SMILES string of the molecule is O=C(CCC(=O)c1ccc(F)cc1)NC1CCC(Cc2ccccc2)(N2CCCCC2)CC1. The van der Waals surface area contributed by atoms with Gasteiger partial charge in [-0.3, -0.25) is 14.5 Å². The zero-order valence-corrected chi connectivity index (χ0v) is 19.4. The van der Waals surface area contributed by atoms with Crippen molar-refractivity contribution in [3.8, 4) is 0 Å². The molecule has 0 bridgehead atoms. The first-order valence-electron chi connectivity index (χ1n) is 12.4. The molecule has 176 valence electrons. The van der Waals surface area contributed by atoms with E-state index in [0.717, 1.165) is 32.1 Å². The first-order chi connectivity index (χ1) is 16.0. The van der Waals surface area contributed by atoms with Crippen molar-refractivity contribution in [2.75, 3.05) is 13.1 Å². The minimum atomic E-state index is -0.366. The monoisotopic (exact) mass is 450 g/mol. The number of ketones is 1. The van der Waals surface area contributed by atoms with Gasteiger partial charge in [-0.15, -0.1) is 0 Å². The third-order valence-electron chi connectivity index (χ3n) is 7.43. The van der Waals surface area contributed by atoms with Crippen molar-refractivity contribution in [2.24, 2.45) is 0 Å². The van der Waals surface area contributed by atoms with Crippen LogP contribution in [-0.4, -0.2) is 41.3 Å². The molecular weight excluding hydrogens is 415 g/mol. The Balaban J connectivity index is 1.30. The van der Waals surface area contributed by atoms with Gasteiger partial charge in [-0.1, -0.05) is 36.8 Å². The van der Waals surface area contributed by atoms with Gasteiger partial charge >= 0.3 is 0 Å². The van der Waals surface area contributed by atoms with Crippen LogP contribution in [0.25, 0.3) is 0 Å². The highest BCUT2D eigenvalue weighted by Gasteiger charge is 2.40. The molecule has 4 rings (SSSR count). The summed E-state index contributed by atoms with van der Waals surface area (Å²) >= 11 is 0. The Morgan fingerprint density at radius 2 is 1.58 bits per heavy atom. The van der Waals surface area contributed by atoms with Crippen LogP contribution in [0.1, 0.15) is 73.7 Å². The lowest BCUT2D eigenvalue weighted by Crippen LogP contribution is -2.56. The van der Waals surface area contributed by atoms with E-state index in [0.29, 0.717) is 5.56 Å². The van der Waals surface area contributed by atoms with Crippen molar-refractivity contribution in [3.05, 3.63) is 71.5 Å². The molecule has 0 radical (unpaired) electrons. The predicted molar refractivity (Wildman–Crippen MR) is 129 cm³/mol. The fourth-order valence-electron chi connectivity index (χ4n) is 5.56. The van der Waals surface area contributed by atoms with E-state index >= 15 is 0 Å². The van der Waals surface area contributed by atoms with Crippen LogP contribution in [0, 0.1) is 5.82 Å². The Hall–Kier alpha value is -2.53. The molecule has 0 atom stereocenters. The van der Waals surface area contributed by atoms with Gasteiger partial charge in [0.25, 0.3) is 0 Å². The molecule has 0 spiro atoms. The van der Waals surface area contributed by atoms with Crippen molar-refractivity contribution < 1.29 is 14.0 Å². The van der Waals surface area contributed by atoms with Crippen LogP contribution in [-0.2, 0) is 11.2 Å². The standard InChI is InChI=1S/C28H35FN2O2/c29-24-11-9-23(10-12-24)26(32)13-14-27(33)30-25-15-17-28(18-16-25,31-19-5-2-6-20-31)21-22-7-3-1-4-8-22/h1,3-4,7-12,25H,2,5-6,13-21H2,(H,30,33). The lowest BCUT2D eigenvalue weighted by Gasteiger charge is -2.50. The highest BCUT2D eigenvalue weighted by atomic mass is 19.1. The third kappa shape index (κ3) is 6.29. The fraction of sp³-hybridized carbons (Fsp3) is 0.500. The molecule has 1 saturated carbocycles. The number of carbonyl (C=O) groups is 2. The van der Waals surface area contributed by atoms with Crippen molar-refractivity contribution in [1.29, 1.82) is 0 Å². The minimum absolute atomic E-state index is 0.0657. The van der Waals surface area contributed by atoms with Gasteiger partial charge in [0.05, 0.1) is 0 Å². The quantitative estimate of drug-likeness (QED) is 0.554. The zero-order valence-electron chi connectivity index (χ0n) is 19.4. The van der Waals surface area contributed by atoms with Crippen LogP contribution in [0.4, 0.5) is 4.39 Å². The second kappa shape index (κ2) is 11.1. The summed E-state index contributed by atoms with van der Waals surface area (Å²) in [7, 11) is 0. The van der Waals surface area contributed by atoms with Crippen LogP contribution in [0.2, 0.25) is 0 Å². The number of Topliss-reactive ketones (excluding diaryl/α,β-unsaturated/α-hetero) is 1. The molecule has 0 aromatic heterocycles. The molecule has 33 heavy (non-hydrogen) atoms. The number of benzene rings is 2. The molecule has 2 aliphatic rings. The molecule has 1 aliphatic heterocycles. The molecule has 1 amide bonds. The fourth-order valence-corrected chi connectivity index (χ4v) is 5.56. The number of halogens is 1. The Kier molecular flexibility index (Phi) is 7.92. The smallest absolute Gasteiger partial charge is 0.220 e. The number of hydrogen-bond acceptors (Lipinski definition) is 3. The molecule has 0 unspecified atom stereocenters. The van der Waals surface area contributed by atoms with Gasteiger partial charge in [0, 0.05) is 30.0 Å². The van der Waals surface area contributed by atoms with Crippen LogP contribution < -0.4 is 5.32 Å². The predicted octanol–water partition coefficient (Wildman–Crippen LogP) is 5.31. The van der Waals surface area contributed by atoms with Gasteiger partial charge in [-0.05, 0) is 87.9 Å². The molecular formula is C28H35FN2O2. The molecule has 1 N–H and O–H groups in total. The van der Waals surface area contributed by atoms with Gasteiger partial charge in [0.1, 0.15) is 5.82 Å². The van der Waals surface area contributed by atoms with Crippen LogP contribution >= 0.6 is 0 Å². The number of piperidine rings is 1. The molecule has 2 aromatic carbocycles. The van der Waals surface area contributed by atoms with Crippen LogP contribution in [0.3, 0.4) is 0 Å². The van der Waals surface area contributed by atoms with E-state index in [4.69, 9.17) is 0 Å². The second-order valence-corrected chi connectivity index (χ2v) is 9.71. The van der Waals surface area contributed by atoms with E-state index < -0.39 is 0 Å². The van der Waals surface area contributed by atoms with E-state index in [-0.39, 0.29) is 41.9 Å². The normalized spacial score (nSPS) is 23.7. The number of hydrogen-bond donors (Lipinski definition) is 1. The topological polar surface area (TPSA) is 49.4 Å². The van der Waals surface area contributed by atoms with Gasteiger partial charge < -0.3 is 5.32 Å². The number of likely N-dealkylation sites (tertiary alicyclic amines) is 1. The van der Waals surface area contributed by atoms with E-state index in [1.807, 2.05) is 0 Å². The number of carbonyl (C=O) groups excluding carboxylic acids is 2. The van der Waals surface area contributed by atoms with Gasteiger partial charge in [-0.25, -0.2) is 4.39 Å². The molecule has 1 heterocycles. The highest BCUT2D eigenvalue weighted by Crippen LogP contribution is 2.38. The Morgan fingerprint density at radius 3 is 2.24 bits per heavy atom. The zero-order chi connectivity index (χ0) is 23.1. The summed E-state index contributed by atoms with van der Waals surface area (Å²) in [5.74, 6) is -0.556. The summed E-state index contributed by atoms with van der Waals surface area (Å²) in [5, 5.41) is 3.17. The Morgan fingerprint density at radius 1 is 0.909 bits per heavy atom. The highest BCUT2D eigenvalue weighted by molar-refractivity contribution is 5.97. The lowest BCUT2D eigenvalue weighted by atomic mass is 9.73. The Labute approximate surface area is 196 Å². The molecule has 4 nitrogen and oxygen atoms in total. The lowest BCUT2D eigenvalue weighted by molar-refractivity contribution is -0.122. The first-order valence-corrected chi connectivity index (χ1v) is 12.4. The summed E-state index contributed by atoms with van der Waals surface area (Å²) in [6, 6.07) is 16.5. The molecule has 2 fully saturated rings. The minimum Gasteiger partial charge on any atom is -0.353 e. The third-order valence-corrected chi connectivity index (χ3v) is 7.43. The second-order valence-electron chi connectivity index (χ2n) is 9.71. The summed E-state index contributed by atoms with van der Waals surface area (Å²) in [4.78, 5) is 27.5. The molecule has 5 heteroatoms. The Bertz CT molecular complexity index is 915. The summed E-state index contributed by atoms with van der Waals surface area (Å²) in [6.45, 7) is 2.35. The number of nitrogens with zero attached hydrogens (tertiary/aromatic N) is 1. The van der Waals surface area contributed by atoms with Crippen LogP contribution in [0.15, 0.2) is 54.6 Å². The van der Waals surface area contributed by atoms with Crippen molar-refractivity contribution in [1.82, 2.24) is 10.2 Å². The van der Waals surface area contributed by atoms with E-state index in [2.05, 4.69) is 40.5 Å². The summed E-state index contributed by atoms with van der Waals surface area (Å²) in [5.41, 5.74) is 2.03. The number of rotatable bonds is 8. The molecule has 2 aromatic rings. The van der Waals surface area contributed by atoms with Crippen molar-refractivity contribution in [2.45, 2.75) is 75.8 Å². The number of nitrogens with one attached hydrogen (secondary N) is 1. The van der Waals surface area contributed by atoms with Crippen LogP contribution in [0.5, 0.6) is 0 Å². The molecule has 1 aliphatic carbocycles. The van der Waals surface area contributed by atoms with Crippen molar-refractivity contribution >= 4 is 11.7 Å². The van der Waals surface area contributed by atoms with E-state index in [1.165, 1.54) is 62.2 Å². The molecule has 1 saturated heterocycles. The first kappa shape index (κ1) is 23.6. The average molecular weight is 451 g/mol. The largest absolute Gasteiger partial charge is 0.353 e. The van der Waals surface area contributed by atoms with E-state index in [9.17, 15) is 14.0 Å². The van der Waals surface area contributed by atoms with E-state index in [1.54, 1.807) is 0 Å². The maximum absolute atomic E-state index is 13.0. The average Bonchev–Trinajstić information content (AvgIpc) is 2.85. The summed E-state index contributed by atoms with van der Waals surface area (Å²) in [6.07, 6.45) is 9.39. The maximum atomic E-state index is 13.0. The maximum Gasteiger partial charge on any atom is 0.220 e.